The van der Waals surface area contributed by atoms with Crippen LogP contribution in [-0.4, -0.2) is 40.0 Å². The largest absolute Gasteiger partial charge is 0.365 e. The maximum atomic E-state index is 5.84. The van der Waals surface area contributed by atoms with Gasteiger partial charge in [0.25, 0.3) is 0 Å². The molecular formula is C13H19ClN4. The molecule has 0 aromatic carbocycles. The smallest absolute Gasteiger partial charge is 0.149 e. The van der Waals surface area contributed by atoms with E-state index >= 15 is 0 Å². The first-order valence-electron chi connectivity index (χ1n) is 6.79. The Morgan fingerprint density at radius 1 is 1.22 bits per heavy atom. The summed E-state index contributed by atoms with van der Waals surface area (Å²) in [6.45, 7) is 2.33. The van der Waals surface area contributed by atoms with E-state index in [-0.39, 0.29) is 0 Å². The van der Waals surface area contributed by atoms with Crippen molar-refractivity contribution in [3.63, 3.8) is 0 Å². The van der Waals surface area contributed by atoms with Crippen LogP contribution in [0.1, 0.15) is 32.1 Å². The van der Waals surface area contributed by atoms with Gasteiger partial charge in [-0.05, 0) is 19.3 Å². The topological polar surface area (TPSA) is 41.1 Å². The molecule has 3 rings (SSSR count). The van der Waals surface area contributed by atoms with E-state index in [1.54, 1.807) is 12.4 Å². The molecule has 0 spiro atoms. The van der Waals surface area contributed by atoms with Crippen LogP contribution in [0.5, 0.6) is 0 Å². The fourth-order valence-corrected chi connectivity index (χ4v) is 3.27. The van der Waals surface area contributed by atoms with Gasteiger partial charge in [0.1, 0.15) is 11.0 Å². The maximum Gasteiger partial charge on any atom is 0.149 e. The van der Waals surface area contributed by atoms with Gasteiger partial charge >= 0.3 is 0 Å². The van der Waals surface area contributed by atoms with Crippen LogP contribution in [0.4, 0.5) is 5.82 Å². The molecule has 2 heterocycles. The van der Waals surface area contributed by atoms with Crippen molar-refractivity contribution in [2.75, 3.05) is 18.4 Å². The third-order valence-corrected chi connectivity index (χ3v) is 4.20. The van der Waals surface area contributed by atoms with Gasteiger partial charge in [0.2, 0.25) is 0 Å². The van der Waals surface area contributed by atoms with Crippen LogP contribution in [0.2, 0.25) is 5.15 Å². The summed E-state index contributed by atoms with van der Waals surface area (Å²) in [5.41, 5.74) is 0. The zero-order chi connectivity index (χ0) is 12.4. The van der Waals surface area contributed by atoms with Crippen LogP contribution >= 0.6 is 11.6 Å². The Morgan fingerprint density at radius 3 is 2.83 bits per heavy atom. The highest BCUT2D eigenvalue weighted by molar-refractivity contribution is 6.29. The molecule has 2 aliphatic rings. The molecule has 1 aromatic rings. The first kappa shape index (κ1) is 12.2. The summed E-state index contributed by atoms with van der Waals surface area (Å²) in [5, 5.41) is 3.89. The molecule has 1 unspecified atom stereocenters. The molecule has 1 aromatic heterocycles. The van der Waals surface area contributed by atoms with Crippen molar-refractivity contribution in [3.8, 4) is 0 Å². The highest BCUT2D eigenvalue weighted by Gasteiger charge is 2.29. The summed E-state index contributed by atoms with van der Waals surface area (Å²) in [6.07, 6.45) is 10.0. The van der Waals surface area contributed by atoms with Crippen molar-refractivity contribution < 1.29 is 0 Å². The summed E-state index contributed by atoms with van der Waals surface area (Å²) in [4.78, 5) is 10.9. The molecule has 1 aliphatic heterocycles. The predicted octanol–water partition coefficient (Wildman–Crippen LogP) is 2.56. The van der Waals surface area contributed by atoms with Crippen LogP contribution in [0, 0.1) is 0 Å². The quantitative estimate of drug-likeness (QED) is 0.913. The molecule has 0 bridgehead atoms. The molecule has 2 fully saturated rings. The number of hydrogen-bond acceptors (Lipinski definition) is 4. The van der Waals surface area contributed by atoms with E-state index in [4.69, 9.17) is 11.6 Å². The lowest BCUT2D eigenvalue weighted by Gasteiger charge is -2.23. The van der Waals surface area contributed by atoms with E-state index in [1.165, 1.54) is 38.6 Å². The SMILES string of the molecule is Clc1cncc(NC2CCN(C3CCCC3)C2)n1. The van der Waals surface area contributed by atoms with Gasteiger partial charge in [-0.3, -0.25) is 9.88 Å². The Balaban J connectivity index is 1.55. The lowest BCUT2D eigenvalue weighted by molar-refractivity contribution is 0.245. The number of likely N-dealkylation sites (tertiary alicyclic amines) is 1. The van der Waals surface area contributed by atoms with E-state index in [0.29, 0.717) is 11.2 Å². The summed E-state index contributed by atoms with van der Waals surface area (Å²) < 4.78 is 0. The first-order valence-corrected chi connectivity index (χ1v) is 7.17. The predicted molar refractivity (Wildman–Crippen MR) is 72.9 cm³/mol. The average molecular weight is 267 g/mol. The van der Waals surface area contributed by atoms with Crippen molar-refractivity contribution in [2.24, 2.45) is 0 Å². The second-order valence-electron chi connectivity index (χ2n) is 5.29. The number of rotatable bonds is 3. The minimum Gasteiger partial charge on any atom is -0.365 e. The summed E-state index contributed by atoms with van der Waals surface area (Å²) in [5.74, 6) is 0.792. The van der Waals surface area contributed by atoms with Crippen LogP contribution in [0.15, 0.2) is 12.4 Å². The first-order chi connectivity index (χ1) is 8.81. The van der Waals surface area contributed by atoms with Crippen LogP contribution in [0.3, 0.4) is 0 Å². The zero-order valence-corrected chi connectivity index (χ0v) is 11.2. The molecule has 18 heavy (non-hydrogen) atoms. The van der Waals surface area contributed by atoms with Crippen molar-refractivity contribution in [2.45, 2.75) is 44.2 Å². The molecule has 98 valence electrons. The highest BCUT2D eigenvalue weighted by Crippen LogP contribution is 2.27. The fourth-order valence-electron chi connectivity index (χ4n) is 3.13. The second kappa shape index (κ2) is 5.41. The second-order valence-corrected chi connectivity index (χ2v) is 5.68. The van der Waals surface area contributed by atoms with Crippen LogP contribution in [0.25, 0.3) is 0 Å². The molecule has 4 nitrogen and oxygen atoms in total. The van der Waals surface area contributed by atoms with E-state index in [0.717, 1.165) is 18.4 Å². The van der Waals surface area contributed by atoms with Crippen molar-refractivity contribution >= 4 is 17.4 Å². The van der Waals surface area contributed by atoms with Gasteiger partial charge in [-0.25, -0.2) is 4.98 Å². The van der Waals surface area contributed by atoms with Gasteiger partial charge in [-0.1, -0.05) is 24.4 Å². The molecule has 1 N–H and O–H groups in total. The summed E-state index contributed by atoms with van der Waals surface area (Å²) >= 11 is 5.84. The van der Waals surface area contributed by atoms with Gasteiger partial charge in [-0.2, -0.15) is 0 Å². The summed E-state index contributed by atoms with van der Waals surface area (Å²) in [7, 11) is 0. The van der Waals surface area contributed by atoms with Crippen LogP contribution in [-0.2, 0) is 0 Å². The molecule has 0 amide bonds. The standard InChI is InChI=1S/C13H19ClN4/c14-12-7-15-8-13(17-12)16-10-5-6-18(9-10)11-3-1-2-4-11/h7-8,10-11H,1-6,9H2,(H,16,17). The maximum absolute atomic E-state index is 5.84. The normalized spacial score (nSPS) is 25.7. The number of anilines is 1. The van der Waals surface area contributed by atoms with Gasteiger partial charge in [-0.15, -0.1) is 0 Å². The Labute approximate surface area is 113 Å². The number of nitrogens with zero attached hydrogens (tertiary/aromatic N) is 3. The Kier molecular flexibility index (Phi) is 3.66. The molecule has 1 saturated heterocycles. The molecule has 1 atom stereocenters. The fraction of sp³-hybridized carbons (Fsp3) is 0.692. The number of halogens is 1. The summed E-state index contributed by atoms with van der Waals surface area (Å²) in [6, 6.07) is 1.31. The molecule has 1 aliphatic carbocycles. The number of hydrogen-bond donors (Lipinski definition) is 1. The third-order valence-electron chi connectivity index (χ3n) is 4.02. The van der Waals surface area contributed by atoms with Gasteiger partial charge in [0.15, 0.2) is 0 Å². The van der Waals surface area contributed by atoms with Gasteiger partial charge < -0.3 is 5.32 Å². The lowest BCUT2D eigenvalue weighted by atomic mass is 10.2. The monoisotopic (exact) mass is 266 g/mol. The van der Waals surface area contributed by atoms with Gasteiger partial charge in [0.05, 0.1) is 12.4 Å². The van der Waals surface area contributed by atoms with E-state index in [2.05, 4.69) is 20.2 Å². The number of aromatic nitrogens is 2. The lowest BCUT2D eigenvalue weighted by Crippen LogP contribution is -2.33. The Hall–Kier alpha value is -0.870. The average Bonchev–Trinajstić information content (AvgIpc) is 2.98. The highest BCUT2D eigenvalue weighted by atomic mass is 35.5. The van der Waals surface area contributed by atoms with Crippen molar-refractivity contribution in [1.82, 2.24) is 14.9 Å². The van der Waals surface area contributed by atoms with E-state index < -0.39 is 0 Å². The zero-order valence-electron chi connectivity index (χ0n) is 10.5. The minimum atomic E-state index is 0.450. The molecule has 1 saturated carbocycles. The number of nitrogens with one attached hydrogen (secondary N) is 1. The molecule has 5 heteroatoms. The van der Waals surface area contributed by atoms with E-state index in [1.807, 2.05) is 0 Å². The van der Waals surface area contributed by atoms with Gasteiger partial charge in [0, 0.05) is 25.2 Å². The Bertz CT molecular complexity index is 406. The minimum absolute atomic E-state index is 0.450. The Morgan fingerprint density at radius 2 is 2.06 bits per heavy atom. The molecule has 0 radical (unpaired) electrons. The van der Waals surface area contributed by atoms with Crippen LogP contribution < -0.4 is 5.32 Å². The van der Waals surface area contributed by atoms with Crippen molar-refractivity contribution in [3.05, 3.63) is 17.5 Å². The molecular weight excluding hydrogens is 248 g/mol. The third kappa shape index (κ3) is 2.75. The van der Waals surface area contributed by atoms with Crippen molar-refractivity contribution in [1.29, 1.82) is 0 Å². The van der Waals surface area contributed by atoms with E-state index in [9.17, 15) is 0 Å².